The molecule has 0 spiro atoms. The first kappa shape index (κ1) is 16.6. The number of hydrogen-bond acceptors (Lipinski definition) is 6. The Labute approximate surface area is 152 Å². The first-order valence-corrected chi connectivity index (χ1v) is 8.92. The predicted molar refractivity (Wildman–Crippen MR) is 97.1 cm³/mol. The molecule has 8 nitrogen and oxygen atoms in total. The Hall–Kier alpha value is -2.90. The molecule has 1 aromatic carbocycles. The van der Waals surface area contributed by atoms with E-state index in [9.17, 15) is 4.79 Å². The summed E-state index contributed by atoms with van der Waals surface area (Å²) in [5.41, 5.74) is 1.92. The number of ether oxygens (including phenoxy) is 1. The number of aromatic nitrogens is 3. The van der Waals surface area contributed by atoms with Gasteiger partial charge in [0.15, 0.2) is 0 Å². The lowest BCUT2D eigenvalue weighted by Gasteiger charge is -2.35. The average Bonchev–Trinajstić information content (AvgIpc) is 2.93. The highest BCUT2D eigenvalue weighted by Gasteiger charge is 2.27. The van der Waals surface area contributed by atoms with Crippen molar-refractivity contribution in [2.45, 2.75) is 20.3 Å². The van der Waals surface area contributed by atoms with Crippen LogP contribution in [0.2, 0.25) is 0 Å². The minimum Gasteiger partial charge on any atom is -0.450 e. The summed E-state index contributed by atoms with van der Waals surface area (Å²) in [4.78, 5) is 20.8. The fourth-order valence-corrected chi connectivity index (χ4v) is 3.45. The van der Waals surface area contributed by atoms with Crippen molar-refractivity contribution in [2.75, 3.05) is 32.8 Å². The van der Waals surface area contributed by atoms with Crippen molar-refractivity contribution in [3.63, 3.8) is 0 Å². The molecule has 2 aliphatic heterocycles. The smallest absolute Gasteiger partial charge is 0.409 e. The van der Waals surface area contributed by atoms with Gasteiger partial charge in [-0.3, -0.25) is 4.57 Å². The summed E-state index contributed by atoms with van der Waals surface area (Å²) in [5, 5.41) is 8.59. The molecule has 3 heterocycles. The third kappa shape index (κ3) is 2.91. The van der Waals surface area contributed by atoms with E-state index in [1.54, 1.807) is 4.90 Å². The standard InChI is InChI=1S/C18H22N6O2/c1-3-26-18(25)23-10-8-22(9-11-23)16-12-17-21-20-13(2)24(17)15-7-5-4-6-14(15)19-16/h4-7H,3,8-12H2,1-2H3. The Morgan fingerprint density at radius 1 is 1.15 bits per heavy atom. The second kappa shape index (κ2) is 6.78. The van der Waals surface area contributed by atoms with E-state index < -0.39 is 0 Å². The Bertz CT molecular complexity index is 851. The molecular weight excluding hydrogens is 332 g/mol. The zero-order chi connectivity index (χ0) is 18.1. The van der Waals surface area contributed by atoms with E-state index in [0.29, 0.717) is 26.1 Å². The molecule has 0 radical (unpaired) electrons. The first-order chi connectivity index (χ1) is 12.7. The molecule has 0 aliphatic carbocycles. The molecule has 1 saturated heterocycles. The normalized spacial score (nSPS) is 16.5. The maximum Gasteiger partial charge on any atom is 0.409 e. The van der Waals surface area contributed by atoms with Gasteiger partial charge in [-0.05, 0) is 26.0 Å². The zero-order valence-electron chi connectivity index (χ0n) is 15.1. The van der Waals surface area contributed by atoms with Gasteiger partial charge in [-0.2, -0.15) is 0 Å². The number of hydrogen-bond donors (Lipinski definition) is 0. The van der Waals surface area contributed by atoms with E-state index in [0.717, 1.165) is 41.9 Å². The molecule has 0 saturated carbocycles. The molecule has 4 rings (SSSR count). The van der Waals surface area contributed by atoms with Gasteiger partial charge in [-0.1, -0.05) is 12.1 Å². The molecule has 2 aromatic rings. The predicted octanol–water partition coefficient (Wildman–Crippen LogP) is 1.94. The van der Waals surface area contributed by atoms with Gasteiger partial charge in [0.1, 0.15) is 17.5 Å². The minimum absolute atomic E-state index is 0.240. The van der Waals surface area contributed by atoms with E-state index in [-0.39, 0.29) is 6.09 Å². The fourth-order valence-electron chi connectivity index (χ4n) is 3.45. The van der Waals surface area contributed by atoms with Crippen molar-refractivity contribution in [3.05, 3.63) is 35.9 Å². The van der Waals surface area contributed by atoms with Crippen molar-refractivity contribution in [2.24, 2.45) is 4.99 Å². The van der Waals surface area contributed by atoms with Crippen LogP contribution in [0.3, 0.4) is 0 Å². The van der Waals surface area contributed by atoms with Gasteiger partial charge in [-0.25, -0.2) is 9.79 Å². The summed E-state index contributed by atoms with van der Waals surface area (Å²) in [6.07, 6.45) is 0.380. The van der Waals surface area contributed by atoms with Crippen LogP contribution in [0.4, 0.5) is 10.5 Å². The number of nitrogens with zero attached hydrogens (tertiary/aromatic N) is 6. The number of fused-ring (bicyclic) bond motifs is 3. The van der Waals surface area contributed by atoms with E-state index in [1.165, 1.54) is 0 Å². The van der Waals surface area contributed by atoms with Crippen LogP contribution < -0.4 is 0 Å². The van der Waals surface area contributed by atoms with Crippen molar-refractivity contribution in [3.8, 4) is 5.69 Å². The topological polar surface area (TPSA) is 75.8 Å². The second-order valence-corrected chi connectivity index (χ2v) is 6.37. The van der Waals surface area contributed by atoms with Crippen LogP contribution in [0, 0.1) is 6.92 Å². The minimum atomic E-state index is -0.240. The lowest BCUT2D eigenvalue weighted by atomic mass is 10.2. The summed E-state index contributed by atoms with van der Waals surface area (Å²) >= 11 is 0. The van der Waals surface area contributed by atoms with Gasteiger partial charge < -0.3 is 14.5 Å². The van der Waals surface area contributed by atoms with E-state index in [4.69, 9.17) is 9.73 Å². The van der Waals surface area contributed by atoms with Gasteiger partial charge in [-0.15, -0.1) is 10.2 Å². The number of piperazine rings is 1. The SMILES string of the molecule is CCOC(=O)N1CCN(C2=Nc3ccccc3-n3c(C)nnc3C2)CC1. The van der Waals surface area contributed by atoms with Crippen molar-refractivity contribution >= 4 is 17.6 Å². The van der Waals surface area contributed by atoms with Gasteiger partial charge in [0.05, 0.1) is 24.4 Å². The number of aliphatic imine (C=N–C) groups is 1. The number of benzene rings is 1. The number of rotatable bonds is 1. The van der Waals surface area contributed by atoms with Crippen LogP contribution in [0.1, 0.15) is 18.6 Å². The maximum absolute atomic E-state index is 11.9. The highest BCUT2D eigenvalue weighted by atomic mass is 16.6. The zero-order valence-corrected chi connectivity index (χ0v) is 15.1. The molecular formula is C18H22N6O2. The summed E-state index contributed by atoms with van der Waals surface area (Å²) in [7, 11) is 0. The third-order valence-electron chi connectivity index (χ3n) is 4.75. The largest absolute Gasteiger partial charge is 0.450 e. The van der Waals surface area contributed by atoms with E-state index in [1.807, 2.05) is 38.1 Å². The van der Waals surface area contributed by atoms with Crippen molar-refractivity contribution in [1.29, 1.82) is 0 Å². The number of para-hydroxylation sites is 2. The molecule has 1 amide bonds. The molecule has 8 heteroatoms. The summed E-state index contributed by atoms with van der Waals surface area (Å²) in [6, 6.07) is 8.04. The molecule has 1 fully saturated rings. The third-order valence-corrected chi connectivity index (χ3v) is 4.75. The lowest BCUT2D eigenvalue weighted by molar-refractivity contribution is 0.0917. The molecule has 26 heavy (non-hydrogen) atoms. The monoisotopic (exact) mass is 354 g/mol. The molecule has 2 aliphatic rings. The molecule has 0 N–H and O–H groups in total. The van der Waals surface area contributed by atoms with Gasteiger partial charge in [0, 0.05) is 26.2 Å². The van der Waals surface area contributed by atoms with Crippen LogP contribution in [-0.2, 0) is 11.2 Å². The maximum atomic E-state index is 11.9. The van der Waals surface area contributed by atoms with Crippen LogP contribution in [0.25, 0.3) is 5.69 Å². The fraction of sp³-hybridized carbons (Fsp3) is 0.444. The number of carbonyl (C=O) groups excluding carboxylic acids is 1. The number of amides is 1. The van der Waals surface area contributed by atoms with Gasteiger partial charge in [0.2, 0.25) is 0 Å². The van der Waals surface area contributed by atoms with Crippen LogP contribution in [0.5, 0.6) is 0 Å². The Kier molecular flexibility index (Phi) is 4.32. The molecule has 0 atom stereocenters. The second-order valence-electron chi connectivity index (χ2n) is 6.37. The van der Waals surface area contributed by atoms with Gasteiger partial charge >= 0.3 is 6.09 Å². The van der Waals surface area contributed by atoms with Gasteiger partial charge in [0.25, 0.3) is 0 Å². The van der Waals surface area contributed by atoms with Crippen molar-refractivity contribution < 1.29 is 9.53 Å². The lowest BCUT2D eigenvalue weighted by Crippen LogP contribution is -2.51. The van der Waals surface area contributed by atoms with Crippen molar-refractivity contribution in [1.82, 2.24) is 24.6 Å². The van der Waals surface area contributed by atoms with E-state index >= 15 is 0 Å². The number of carbonyl (C=O) groups is 1. The van der Waals surface area contributed by atoms with Crippen LogP contribution in [0.15, 0.2) is 29.3 Å². The summed E-state index contributed by atoms with van der Waals surface area (Å²) < 4.78 is 7.16. The Morgan fingerprint density at radius 2 is 1.92 bits per heavy atom. The number of amidine groups is 1. The quantitative estimate of drug-likeness (QED) is 0.782. The highest BCUT2D eigenvalue weighted by Crippen LogP contribution is 2.29. The molecule has 0 unspecified atom stereocenters. The summed E-state index contributed by atoms with van der Waals surface area (Å²) in [5.74, 6) is 2.71. The average molecular weight is 354 g/mol. The summed E-state index contributed by atoms with van der Waals surface area (Å²) in [6.45, 7) is 6.90. The Balaban J connectivity index is 1.59. The Morgan fingerprint density at radius 3 is 2.69 bits per heavy atom. The highest BCUT2D eigenvalue weighted by molar-refractivity contribution is 5.89. The first-order valence-electron chi connectivity index (χ1n) is 8.92. The number of aryl methyl sites for hydroxylation is 1. The van der Waals surface area contributed by atoms with Crippen LogP contribution >= 0.6 is 0 Å². The molecule has 136 valence electrons. The molecule has 0 bridgehead atoms. The van der Waals surface area contributed by atoms with E-state index in [2.05, 4.69) is 19.7 Å². The van der Waals surface area contributed by atoms with Crippen LogP contribution in [-0.4, -0.2) is 69.3 Å². The molecule has 1 aromatic heterocycles.